The van der Waals surface area contributed by atoms with Crippen molar-refractivity contribution in [3.63, 3.8) is 0 Å². The molecule has 1 radical (unpaired) electrons. The van der Waals surface area contributed by atoms with Crippen LogP contribution >= 0.6 is 24.8 Å². The number of carbonyl (C=O) groups excluding carboxylic acids is 1. The summed E-state index contributed by atoms with van der Waals surface area (Å²) < 4.78 is 20.4. The molecule has 0 aliphatic carbocycles. The van der Waals surface area contributed by atoms with Gasteiger partial charge >= 0.3 is 9.53 Å². The van der Waals surface area contributed by atoms with Gasteiger partial charge in [-0.1, -0.05) is 38.8 Å². The Kier molecular flexibility index (Phi) is 29.4. The van der Waals surface area contributed by atoms with E-state index in [9.17, 15) is 0 Å². The van der Waals surface area contributed by atoms with E-state index in [0.717, 1.165) is 6.42 Å². The smallest absolute Gasteiger partial charge is 0.471 e. The molecule has 0 aromatic carbocycles. The van der Waals surface area contributed by atoms with Gasteiger partial charge in [0.15, 0.2) is 0 Å². The summed E-state index contributed by atoms with van der Waals surface area (Å²) in [5.41, 5.74) is 9.45. The Morgan fingerprint density at radius 2 is 1.38 bits per heavy atom. The third-order valence-corrected chi connectivity index (χ3v) is 3.72. The number of hydrogen-bond donors (Lipinski definition) is 3. The molecule has 0 rings (SSSR count). The standard InChI is InChI=1S/C7H15NOS.C6H15O3Si.CH3NOS/c1-2-3-4-5-6-9-7(8)10;1-4-7-10(8-5-2)9-6-3;2-1(3)4/h2-6H2,1H3,(H2,8,10);4-6H2,1-3H3;(H3,2,3,4). The van der Waals surface area contributed by atoms with E-state index in [1.54, 1.807) is 0 Å². The Bertz CT molecular complexity index is 272. The van der Waals surface area contributed by atoms with Crippen molar-refractivity contribution in [2.45, 2.75) is 53.4 Å². The van der Waals surface area contributed by atoms with Crippen LogP contribution in [0.15, 0.2) is 0 Å². The fourth-order valence-electron chi connectivity index (χ4n) is 1.18. The van der Waals surface area contributed by atoms with Gasteiger partial charge in [0.2, 0.25) is 0 Å². The summed E-state index contributed by atoms with van der Waals surface area (Å²) in [5.74, 6) is 0. The number of nitrogens with two attached hydrogens (primary N) is 2. The van der Waals surface area contributed by atoms with Crippen LogP contribution in [0.5, 0.6) is 0 Å². The van der Waals surface area contributed by atoms with Gasteiger partial charge in [-0.25, -0.2) is 0 Å². The highest BCUT2D eigenvalue weighted by molar-refractivity contribution is 7.96. The molecule has 10 heteroatoms. The summed E-state index contributed by atoms with van der Waals surface area (Å²) in [5, 5.41) is -0.475. The lowest BCUT2D eigenvalue weighted by atomic mass is 10.2. The number of ether oxygens (including phenoxy) is 1. The maximum absolute atomic E-state index is 9.09. The molecule has 0 spiro atoms. The summed E-state index contributed by atoms with van der Waals surface area (Å²) in [6.45, 7) is 10.6. The molecule has 0 fully saturated rings. The number of carbonyl (C=O) groups is 1. The van der Waals surface area contributed by atoms with Gasteiger partial charge < -0.3 is 29.5 Å². The lowest BCUT2D eigenvalue weighted by molar-refractivity contribution is 0.107. The Morgan fingerprint density at radius 3 is 1.67 bits per heavy atom. The van der Waals surface area contributed by atoms with Gasteiger partial charge in [0.05, 0.1) is 6.61 Å². The largest absolute Gasteiger partial charge is 0.577 e. The van der Waals surface area contributed by atoms with Crippen molar-refractivity contribution in [3.05, 3.63) is 0 Å². The first kappa shape index (κ1) is 28.4. The van der Waals surface area contributed by atoms with E-state index in [4.69, 9.17) is 28.5 Å². The third-order valence-electron chi connectivity index (χ3n) is 2.03. The van der Waals surface area contributed by atoms with Crippen molar-refractivity contribution in [2.75, 3.05) is 26.4 Å². The Labute approximate surface area is 159 Å². The molecular formula is C14H33N2O5S2Si. The first-order chi connectivity index (χ1) is 11.3. The normalized spacial score (nSPS) is 9.42. The number of hydrogen-bond acceptors (Lipinski definition) is 6. The molecule has 0 bridgehead atoms. The van der Waals surface area contributed by atoms with Gasteiger partial charge in [-0.3, -0.25) is 4.79 Å². The van der Waals surface area contributed by atoms with Gasteiger partial charge in [-0.05, 0) is 39.4 Å². The molecule has 4 N–H and O–H groups in total. The van der Waals surface area contributed by atoms with E-state index in [1.807, 2.05) is 20.8 Å². The molecule has 0 heterocycles. The van der Waals surface area contributed by atoms with Crippen molar-refractivity contribution >= 4 is 44.8 Å². The summed E-state index contributed by atoms with van der Waals surface area (Å²) >= 11 is 7.63. The average Bonchev–Trinajstić information content (AvgIpc) is 2.48. The fourth-order valence-corrected chi connectivity index (χ4v) is 2.22. The highest BCUT2D eigenvalue weighted by Crippen LogP contribution is 1.98. The Hall–Kier alpha value is -0.393. The summed E-state index contributed by atoms with van der Waals surface area (Å²) in [4.78, 5) is 9.09. The van der Waals surface area contributed by atoms with E-state index in [1.165, 1.54) is 19.3 Å². The van der Waals surface area contributed by atoms with E-state index < -0.39 is 14.8 Å². The second-order valence-electron chi connectivity index (χ2n) is 4.12. The third kappa shape index (κ3) is 37.7. The molecule has 0 aromatic rings. The van der Waals surface area contributed by atoms with E-state index in [2.05, 4.69) is 37.5 Å². The van der Waals surface area contributed by atoms with Crippen molar-refractivity contribution in [3.8, 4) is 0 Å². The van der Waals surface area contributed by atoms with Gasteiger partial charge in [0, 0.05) is 19.8 Å². The number of thiol groups is 1. The minimum absolute atomic E-state index is 0.163. The summed E-state index contributed by atoms with van der Waals surface area (Å²) in [7, 11) is -1.40. The number of thiocarbonyl (C=S) groups is 1. The molecule has 0 saturated carbocycles. The van der Waals surface area contributed by atoms with Gasteiger partial charge in [0.1, 0.15) is 0 Å². The zero-order chi connectivity index (χ0) is 19.2. The van der Waals surface area contributed by atoms with Gasteiger partial charge in [-0.15, -0.1) is 0 Å². The van der Waals surface area contributed by atoms with E-state index in [-0.39, 0.29) is 5.17 Å². The lowest BCUT2D eigenvalue weighted by Gasteiger charge is -2.10. The highest BCUT2D eigenvalue weighted by atomic mass is 32.1. The maximum Gasteiger partial charge on any atom is 0.577 e. The first-order valence-electron chi connectivity index (χ1n) is 8.01. The van der Waals surface area contributed by atoms with Crippen molar-refractivity contribution < 1.29 is 22.8 Å². The van der Waals surface area contributed by atoms with E-state index >= 15 is 0 Å². The van der Waals surface area contributed by atoms with Crippen LogP contribution in [0.3, 0.4) is 0 Å². The zero-order valence-corrected chi connectivity index (χ0v) is 17.9. The van der Waals surface area contributed by atoms with Crippen LogP contribution in [-0.2, 0) is 18.0 Å². The average molecular weight is 402 g/mol. The molecule has 24 heavy (non-hydrogen) atoms. The maximum atomic E-state index is 9.09. The fraction of sp³-hybridized carbons (Fsp3) is 0.857. The molecule has 1 amide bonds. The predicted molar refractivity (Wildman–Crippen MR) is 106 cm³/mol. The van der Waals surface area contributed by atoms with Crippen LogP contribution in [-0.4, -0.2) is 46.4 Å². The van der Waals surface area contributed by atoms with Crippen LogP contribution in [0.2, 0.25) is 0 Å². The summed E-state index contributed by atoms with van der Waals surface area (Å²) in [6.07, 6.45) is 4.78. The van der Waals surface area contributed by atoms with Gasteiger partial charge in [-0.2, -0.15) is 0 Å². The quantitative estimate of drug-likeness (QED) is 0.211. The van der Waals surface area contributed by atoms with Crippen LogP contribution in [0.4, 0.5) is 4.79 Å². The van der Waals surface area contributed by atoms with Crippen LogP contribution < -0.4 is 11.5 Å². The number of amides is 1. The lowest BCUT2D eigenvalue weighted by Crippen LogP contribution is -2.27. The zero-order valence-electron chi connectivity index (χ0n) is 15.2. The predicted octanol–water partition coefficient (Wildman–Crippen LogP) is 2.90. The topological polar surface area (TPSA) is 106 Å². The van der Waals surface area contributed by atoms with Gasteiger partial charge in [0.25, 0.3) is 10.4 Å². The minimum atomic E-state index is -1.40. The van der Waals surface area contributed by atoms with Crippen molar-refractivity contribution in [2.24, 2.45) is 11.5 Å². The number of rotatable bonds is 11. The van der Waals surface area contributed by atoms with Crippen molar-refractivity contribution in [1.82, 2.24) is 0 Å². The molecule has 7 nitrogen and oxygen atoms in total. The Balaban J connectivity index is -0.000000301. The van der Waals surface area contributed by atoms with Crippen LogP contribution in [0.25, 0.3) is 0 Å². The molecule has 145 valence electrons. The minimum Gasteiger partial charge on any atom is -0.471 e. The molecule has 0 aromatic heterocycles. The molecule has 0 unspecified atom stereocenters. The molecule has 0 saturated heterocycles. The first-order valence-corrected chi connectivity index (χ1v) is 10.1. The van der Waals surface area contributed by atoms with Crippen LogP contribution in [0.1, 0.15) is 53.4 Å². The Morgan fingerprint density at radius 1 is 0.958 bits per heavy atom. The second-order valence-corrected chi connectivity index (χ2v) is 6.32. The SMILES string of the molecule is CCCCCCOC(N)=S.CCO[Si](OCC)OCC.NC(=O)S. The molecular weight excluding hydrogens is 368 g/mol. The number of unbranched alkanes of at least 4 members (excludes halogenated alkanes) is 3. The van der Waals surface area contributed by atoms with E-state index in [0.29, 0.717) is 26.4 Å². The highest BCUT2D eigenvalue weighted by Gasteiger charge is 2.15. The summed E-state index contributed by atoms with van der Waals surface area (Å²) in [6, 6.07) is 0. The molecule has 0 atom stereocenters. The molecule has 0 aliphatic rings. The number of primary amides is 1. The monoisotopic (exact) mass is 401 g/mol. The molecule has 0 aliphatic heterocycles. The van der Waals surface area contributed by atoms with Crippen molar-refractivity contribution in [1.29, 1.82) is 0 Å². The second kappa shape index (κ2) is 24.9. The van der Waals surface area contributed by atoms with Crippen LogP contribution in [0, 0.1) is 0 Å².